The van der Waals surface area contributed by atoms with Crippen LogP contribution in [0.4, 0.5) is 0 Å². The summed E-state index contributed by atoms with van der Waals surface area (Å²) in [6.45, 7) is 5.19. The molecule has 0 aliphatic rings. The lowest BCUT2D eigenvalue weighted by molar-refractivity contribution is 0.294. The van der Waals surface area contributed by atoms with Crippen LogP contribution in [0.5, 0.6) is 5.75 Å². The second-order valence-electron chi connectivity index (χ2n) is 5.00. The zero-order chi connectivity index (χ0) is 15.2. The van der Waals surface area contributed by atoms with Gasteiger partial charge in [0.15, 0.2) is 0 Å². The van der Waals surface area contributed by atoms with Crippen molar-refractivity contribution >= 4 is 11.6 Å². The summed E-state index contributed by atoms with van der Waals surface area (Å²) >= 11 is 6.00. The molecule has 0 saturated heterocycles. The van der Waals surface area contributed by atoms with Crippen molar-refractivity contribution in [2.45, 2.75) is 45.9 Å². The third kappa shape index (κ3) is 3.99. The summed E-state index contributed by atoms with van der Waals surface area (Å²) in [7, 11) is 0. The molecule has 0 unspecified atom stereocenters. The molecule has 1 heterocycles. The van der Waals surface area contributed by atoms with Gasteiger partial charge in [-0.1, -0.05) is 31.5 Å². The van der Waals surface area contributed by atoms with Crippen molar-refractivity contribution in [2.75, 3.05) is 0 Å². The van der Waals surface area contributed by atoms with E-state index in [1.165, 1.54) is 0 Å². The number of ether oxygens (including phenoxy) is 1. The second kappa shape index (κ2) is 7.48. The third-order valence-corrected chi connectivity index (χ3v) is 3.84. The van der Waals surface area contributed by atoms with Crippen LogP contribution in [0.2, 0.25) is 5.02 Å². The van der Waals surface area contributed by atoms with Gasteiger partial charge in [-0.05, 0) is 31.0 Å². The molecule has 0 bridgehead atoms. The van der Waals surface area contributed by atoms with Crippen LogP contribution >= 0.6 is 11.6 Å². The summed E-state index contributed by atoms with van der Waals surface area (Å²) < 4.78 is 7.83. The van der Waals surface area contributed by atoms with Crippen molar-refractivity contribution in [1.82, 2.24) is 9.78 Å². The van der Waals surface area contributed by atoms with Gasteiger partial charge in [0.05, 0.1) is 11.7 Å². The number of rotatable bonds is 7. The molecular formula is C16H22ClN3O. The van der Waals surface area contributed by atoms with E-state index in [1.54, 1.807) is 6.07 Å². The van der Waals surface area contributed by atoms with Crippen molar-refractivity contribution in [3.63, 3.8) is 0 Å². The van der Waals surface area contributed by atoms with Crippen LogP contribution in [-0.2, 0) is 13.2 Å². The van der Waals surface area contributed by atoms with E-state index in [1.807, 2.05) is 29.1 Å². The van der Waals surface area contributed by atoms with Gasteiger partial charge >= 0.3 is 0 Å². The molecule has 21 heavy (non-hydrogen) atoms. The first kappa shape index (κ1) is 15.9. The maximum atomic E-state index is 6.00. The molecule has 1 aromatic heterocycles. The van der Waals surface area contributed by atoms with E-state index in [0.717, 1.165) is 29.8 Å². The molecule has 2 aromatic rings. The van der Waals surface area contributed by atoms with Gasteiger partial charge in [-0.3, -0.25) is 4.68 Å². The highest BCUT2D eigenvalue weighted by molar-refractivity contribution is 6.30. The molecular weight excluding hydrogens is 286 g/mol. The number of nitrogens with zero attached hydrogens (tertiary/aromatic N) is 2. The van der Waals surface area contributed by atoms with Crippen LogP contribution in [0.25, 0.3) is 0 Å². The Balaban J connectivity index is 2.05. The van der Waals surface area contributed by atoms with Crippen molar-refractivity contribution in [3.8, 4) is 5.75 Å². The Labute approximate surface area is 130 Å². The van der Waals surface area contributed by atoms with Crippen molar-refractivity contribution < 1.29 is 4.74 Å². The fraction of sp³-hybridized carbons (Fsp3) is 0.438. The van der Waals surface area contributed by atoms with Gasteiger partial charge in [-0.2, -0.15) is 5.10 Å². The van der Waals surface area contributed by atoms with E-state index < -0.39 is 0 Å². The van der Waals surface area contributed by atoms with E-state index in [4.69, 9.17) is 22.1 Å². The molecule has 0 aliphatic carbocycles. The zero-order valence-corrected chi connectivity index (χ0v) is 13.3. The Kier molecular flexibility index (Phi) is 5.65. The first-order chi connectivity index (χ1) is 10.2. The lowest BCUT2D eigenvalue weighted by Gasteiger charge is -2.13. The van der Waals surface area contributed by atoms with Gasteiger partial charge in [0.25, 0.3) is 0 Å². The van der Waals surface area contributed by atoms with Crippen LogP contribution in [0.1, 0.15) is 44.0 Å². The topological polar surface area (TPSA) is 53.1 Å². The summed E-state index contributed by atoms with van der Waals surface area (Å²) in [6, 6.07) is 7.94. The zero-order valence-electron chi connectivity index (χ0n) is 12.6. The summed E-state index contributed by atoms with van der Waals surface area (Å²) in [5, 5.41) is 5.22. The van der Waals surface area contributed by atoms with E-state index in [-0.39, 0.29) is 0 Å². The predicted molar refractivity (Wildman–Crippen MR) is 85.5 cm³/mol. The highest BCUT2D eigenvalue weighted by atomic mass is 35.5. The smallest absolute Gasteiger partial charge is 0.132 e. The van der Waals surface area contributed by atoms with Gasteiger partial charge in [-0.25, -0.2) is 0 Å². The van der Waals surface area contributed by atoms with Crippen LogP contribution in [-0.4, -0.2) is 9.78 Å². The summed E-state index contributed by atoms with van der Waals surface area (Å²) in [4.78, 5) is 0. The lowest BCUT2D eigenvalue weighted by Crippen LogP contribution is -2.09. The highest BCUT2D eigenvalue weighted by Gasteiger charge is 2.09. The van der Waals surface area contributed by atoms with E-state index in [2.05, 4.69) is 18.9 Å². The molecule has 2 rings (SSSR count). The van der Waals surface area contributed by atoms with E-state index >= 15 is 0 Å². The Morgan fingerprint density at radius 1 is 1.29 bits per heavy atom. The SMILES string of the molecule is CCC(CC)n1ccc(COc2cc(Cl)ccc2CN)n1. The van der Waals surface area contributed by atoms with Crippen molar-refractivity contribution in [1.29, 1.82) is 0 Å². The standard InChI is InChI=1S/C16H22ClN3O/c1-3-15(4-2)20-8-7-14(19-20)11-21-16-9-13(17)6-5-12(16)10-18/h5-9,15H,3-4,10-11,18H2,1-2H3. The molecule has 0 aliphatic heterocycles. The maximum Gasteiger partial charge on any atom is 0.132 e. The monoisotopic (exact) mass is 307 g/mol. The fourth-order valence-electron chi connectivity index (χ4n) is 2.30. The van der Waals surface area contributed by atoms with Crippen LogP contribution < -0.4 is 10.5 Å². The lowest BCUT2D eigenvalue weighted by atomic mass is 10.2. The number of benzene rings is 1. The van der Waals surface area contributed by atoms with Crippen LogP contribution in [0.15, 0.2) is 30.5 Å². The first-order valence-corrected chi connectivity index (χ1v) is 7.71. The van der Waals surface area contributed by atoms with Crippen LogP contribution in [0.3, 0.4) is 0 Å². The number of aromatic nitrogens is 2. The minimum absolute atomic E-state index is 0.417. The van der Waals surface area contributed by atoms with Gasteiger partial charge < -0.3 is 10.5 Å². The Morgan fingerprint density at radius 2 is 2.05 bits per heavy atom. The second-order valence-corrected chi connectivity index (χ2v) is 5.44. The molecule has 0 radical (unpaired) electrons. The minimum atomic E-state index is 0.417. The number of hydrogen-bond acceptors (Lipinski definition) is 3. The minimum Gasteiger partial charge on any atom is -0.487 e. The normalized spacial score (nSPS) is 11.1. The van der Waals surface area contributed by atoms with Gasteiger partial charge in [-0.15, -0.1) is 0 Å². The summed E-state index contributed by atoms with van der Waals surface area (Å²) in [5.41, 5.74) is 7.56. The highest BCUT2D eigenvalue weighted by Crippen LogP contribution is 2.24. The van der Waals surface area contributed by atoms with Gasteiger partial charge in [0.2, 0.25) is 0 Å². The Morgan fingerprint density at radius 3 is 2.71 bits per heavy atom. The van der Waals surface area contributed by atoms with Crippen LogP contribution in [0, 0.1) is 0 Å². The Hall–Kier alpha value is -1.52. The third-order valence-electron chi connectivity index (χ3n) is 3.60. The molecule has 0 amide bonds. The molecule has 5 heteroatoms. The largest absolute Gasteiger partial charge is 0.487 e. The predicted octanol–water partition coefficient (Wildman–Crippen LogP) is 3.94. The fourth-order valence-corrected chi connectivity index (χ4v) is 2.47. The molecule has 2 N–H and O–H groups in total. The van der Waals surface area contributed by atoms with E-state index in [0.29, 0.717) is 24.2 Å². The van der Waals surface area contributed by atoms with Gasteiger partial charge in [0, 0.05) is 23.3 Å². The number of nitrogens with two attached hydrogens (primary N) is 1. The molecule has 0 atom stereocenters. The van der Waals surface area contributed by atoms with Gasteiger partial charge in [0.1, 0.15) is 12.4 Å². The van der Waals surface area contributed by atoms with Crippen molar-refractivity contribution in [2.24, 2.45) is 5.73 Å². The molecule has 0 spiro atoms. The molecule has 4 nitrogen and oxygen atoms in total. The molecule has 114 valence electrons. The number of halogens is 1. The number of hydrogen-bond donors (Lipinski definition) is 1. The Bertz CT molecular complexity index is 579. The first-order valence-electron chi connectivity index (χ1n) is 7.33. The van der Waals surface area contributed by atoms with Crippen molar-refractivity contribution in [3.05, 3.63) is 46.7 Å². The quantitative estimate of drug-likeness (QED) is 0.843. The molecule has 0 fully saturated rings. The summed E-state index contributed by atoms with van der Waals surface area (Å²) in [6.07, 6.45) is 4.16. The average Bonchev–Trinajstić information content (AvgIpc) is 2.95. The molecule has 0 saturated carbocycles. The summed E-state index contributed by atoms with van der Waals surface area (Å²) in [5.74, 6) is 0.724. The van der Waals surface area contributed by atoms with E-state index in [9.17, 15) is 0 Å². The average molecular weight is 308 g/mol. The maximum absolute atomic E-state index is 6.00. The molecule has 1 aromatic carbocycles.